The smallest absolute Gasteiger partial charge is 0.116 e. The van der Waals surface area contributed by atoms with E-state index in [2.05, 4.69) is 10.3 Å². The van der Waals surface area contributed by atoms with Gasteiger partial charge >= 0.3 is 0 Å². The van der Waals surface area contributed by atoms with Crippen molar-refractivity contribution in [1.29, 1.82) is 0 Å². The van der Waals surface area contributed by atoms with Crippen LogP contribution >= 0.6 is 0 Å². The molecule has 0 radical (unpaired) electrons. The average Bonchev–Trinajstić information content (AvgIpc) is 2.45. The number of aryl methyl sites for hydroxylation is 1. The van der Waals surface area contributed by atoms with Gasteiger partial charge in [-0.25, -0.2) is 0 Å². The normalized spacial score (nSPS) is 11.0. The van der Waals surface area contributed by atoms with Gasteiger partial charge in [0.15, 0.2) is 0 Å². The first-order chi connectivity index (χ1) is 6.72. The molecule has 2 aromatic rings. The summed E-state index contributed by atoms with van der Waals surface area (Å²) in [4.78, 5) is 3.29. The number of phenolic OH excluding ortho intramolecular Hbond substituents is 1. The van der Waals surface area contributed by atoms with Crippen molar-refractivity contribution in [3.8, 4) is 5.75 Å². The molecule has 0 aliphatic carbocycles. The van der Waals surface area contributed by atoms with Gasteiger partial charge in [0.1, 0.15) is 5.75 Å². The van der Waals surface area contributed by atoms with Crippen LogP contribution in [0.25, 0.3) is 10.9 Å². The maximum atomic E-state index is 9.40. The summed E-state index contributed by atoms with van der Waals surface area (Å²) < 4.78 is 0. The van der Waals surface area contributed by atoms with Crippen LogP contribution < -0.4 is 5.32 Å². The molecular formula is C11H14N2O. The fourth-order valence-electron chi connectivity index (χ4n) is 1.77. The van der Waals surface area contributed by atoms with Gasteiger partial charge in [0, 0.05) is 23.1 Å². The highest BCUT2D eigenvalue weighted by Gasteiger charge is 2.07. The number of fused-ring (bicyclic) bond motifs is 1. The van der Waals surface area contributed by atoms with E-state index in [1.165, 1.54) is 5.56 Å². The van der Waals surface area contributed by atoms with E-state index in [-0.39, 0.29) is 0 Å². The van der Waals surface area contributed by atoms with Crippen LogP contribution in [0.4, 0.5) is 0 Å². The molecule has 0 saturated heterocycles. The van der Waals surface area contributed by atoms with E-state index < -0.39 is 0 Å². The molecule has 3 nitrogen and oxygen atoms in total. The number of aromatic hydroxyl groups is 1. The molecule has 2 rings (SSSR count). The Kier molecular flexibility index (Phi) is 2.17. The lowest BCUT2D eigenvalue weighted by Crippen LogP contribution is -2.05. The Hall–Kier alpha value is -1.48. The molecule has 0 saturated carbocycles. The molecular weight excluding hydrogens is 176 g/mol. The third-order valence-electron chi connectivity index (χ3n) is 2.46. The highest BCUT2D eigenvalue weighted by Crippen LogP contribution is 2.25. The molecule has 3 N–H and O–H groups in total. The van der Waals surface area contributed by atoms with Crippen LogP contribution in [0.15, 0.2) is 18.2 Å². The Labute approximate surface area is 82.8 Å². The number of hydrogen-bond acceptors (Lipinski definition) is 2. The Morgan fingerprint density at radius 2 is 2.21 bits per heavy atom. The number of benzene rings is 1. The SMILES string of the molecule is CNCc1c(C)[nH]c2ccc(O)cc12. The van der Waals surface area contributed by atoms with E-state index in [0.29, 0.717) is 5.75 Å². The summed E-state index contributed by atoms with van der Waals surface area (Å²) >= 11 is 0. The van der Waals surface area contributed by atoms with Crippen LogP contribution in [0.3, 0.4) is 0 Å². The predicted molar refractivity (Wildman–Crippen MR) is 57.5 cm³/mol. The minimum atomic E-state index is 0.314. The molecule has 0 spiro atoms. The molecule has 1 aromatic carbocycles. The number of nitrogens with one attached hydrogen (secondary N) is 2. The zero-order chi connectivity index (χ0) is 10.1. The van der Waals surface area contributed by atoms with Gasteiger partial charge in [-0.1, -0.05) is 0 Å². The summed E-state index contributed by atoms with van der Waals surface area (Å²) in [7, 11) is 1.92. The lowest BCUT2D eigenvalue weighted by atomic mass is 10.1. The van der Waals surface area contributed by atoms with Gasteiger partial charge in [-0.3, -0.25) is 0 Å². The second-order valence-electron chi connectivity index (χ2n) is 3.49. The van der Waals surface area contributed by atoms with E-state index in [4.69, 9.17) is 0 Å². The summed E-state index contributed by atoms with van der Waals surface area (Å²) in [6, 6.07) is 5.39. The lowest BCUT2D eigenvalue weighted by Gasteiger charge is -1.99. The third kappa shape index (κ3) is 1.36. The van der Waals surface area contributed by atoms with Gasteiger partial charge in [0.2, 0.25) is 0 Å². The van der Waals surface area contributed by atoms with E-state index in [9.17, 15) is 5.11 Å². The van der Waals surface area contributed by atoms with Gasteiger partial charge in [-0.05, 0) is 37.7 Å². The zero-order valence-electron chi connectivity index (χ0n) is 8.39. The minimum Gasteiger partial charge on any atom is -0.508 e. The van der Waals surface area contributed by atoms with E-state index >= 15 is 0 Å². The molecule has 14 heavy (non-hydrogen) atoms. The van der Waals surface area contributed by atoms with Crippen molar-refractivity contribution in [3.63, 3.8) is 0 Å². The number of hydrogen-bond donors (Lipinski definition) is 3. The number of rotatable bonds is 2. The standard InChI is InChI=1S/C11H14N2O/c1-7-10(6-12-2)9-5-8(14)3-4-11(9)13-7/h3-5,12-14H,6H2,1-2H3. The fourth-order valence-corrected chi connectivity index (χ4v) is 1.77. The van der Waals surface area contributed by atoms with Crippen molar-refractivity contribution in [2.45, 2.75) is 13.5 Å². The molecule has 0 unspecified atom stereocenters. The highest BCUT2D eigenvalue weighted by molar-refractivity contribution is 5.85. The first-order valence-corrected chi connectivity index (χ1v) is 4.67. The topological polar surface area (TPSA) is 48.0 Å². The zero-order valence-corrected chi connectivity index (χ0v) is 8.39. The second-order valence-corrected chi connectivity index (χ2v) is 3.49. The Morgan fingerprint density at radius 1 is 1.43 bits per heavy atom. The van der Waals surface area contributed by atoms with Crippen molar-refractivity contribution < 1.29 is 5.11 Å². The first kappa shape index (κ1) is 9.09. The number of aromatic amines is 1. The molecule has 1 aromatic heterocycles. The summed E-state index contributed by atoms with van der Waals surface area (Å²) in [5.74, 6) is 0.314. The third-order valence-corrected chi connectivity index (χ3v) is 2.46. The van der Waals surface area contributed by atoms with Crippen LogP contribution in [-0.2, 0) is 6.54 Å². The fraction of sp³-hybridized carbons (Fsp3) is 0.273. The Balaban J connectivity index is 2.66. The van der Waals surface area contributed by atoms with Crippen molar-refractivity contribution in [2.24, 2.45) is 0 Å². The second kappa shape index (κ2) is 3.35. The van der Waals surface area contributed by atoms with Gasteiger partial charge in [-0.15, -0.1) is 0 Å². The Morgan fingerprint density at radius 3 is 2.93 bits per heavy atom. The molecule has 0 bridgehead atoms. The summed E-state index contributed by atoms with van der Waals surface area (Å²) in [6.45, 7) is 2.86. The number of H-pyrrole nitrogens is 1. The Bertz CT molecular complexity index is 460. The van der Waals surface area contributed by atoms with Crippen LogP contribution in [0.1, 0.15) is 11.3 Å². The maximum Gasteiger partial charge on any atom is 0.116 e. The number of aromatic nitrogens is 1. The van der Waals surface area contributed by atoms with Gasteiger partial charge in [-0.2, -0.15) is 0 Å². The van der Waals surface area contributed by atoms with Crippen LogP contribution in [-0.4, -0.2) is 17.1 Å². The summed E-state index contributed by atoms with van der Waals surface area (Å²) in [5, 5.41) is 13.6. The number of phenols is 1. The van der Waals surface area contributed by atoms with Gasteiger partial charge in [0.25, 0.3) is 0 Å². The molecule has 0 fully saturated rings. The largest absolute Gasteiger partial charge is 0.508 e. The molecule has 0 aliphatic heterocycles. The van der Waals surface area contributed by atoms with Crippen LogP contribution in [0.5, 0.6) is 5.75 Å². The van der Waals surface area contributed by atoms with Crippen molar-refractivity contribution in [3.05, 3.63) is 29.5 Å². The molecule has 1 heterocycles. The monoisotopic (exact) mass is 190 g/mol. The van der Waals surface area contributed by atoms with Crippen molar-refractivity contribution >= 4 is 10.9 Å². The average molecular weight is 190 g/mol. The van der Waals surface area contributed by atoms with E-state index in [1.807, 2.05) is 20.0 Å². The maximum absolute atomic E-state index is 9.40. The molecule has 0 amide bonds. The van der Waals surface area contributed by atoms with Crippen LogP contribution in [0.2, 0.25) is 0 Å². The highest BCUT2D eigenvalue weighted by atomic mass is 16.3. The van der Waals surface area contributed by atoms with E-state index in [0.717, 1.165) is 23.1 Å². The molecule has 0 atom stereocenters. The minimum absolute atomic E-state index is 0.314. The lowest BCUT2D eigenvalue weighted by molar-refractivity contribution is 0.476. The van der Waals surface area contributed by atoms with Crippen LogP contribution in [0, 0.1) is 6.92 Å². The van der Waals surface area contributed by atoms with Crippen molar-refractivity contribution in [1.82, 2.24) is 10.3 Å². The van der Waals surface area contributed by atoms with Gasteiger partial charge < -0.3 is 15.4 Å². The first-order valence-electron chi connectivity index (χ1n) is 4.67. The summed E-state index contributed by atoms with van der Waals surface area (Å²) in [6.07, 6.45) is 0. The van der Waals surface area contributed by atoms with E-state index in [1.54, 1.807) is 12.1 Å². The molecule has 3 heteroatoms. The van der Waals surface area contributed by atoms with Crippen molar-refractivity contribution in [2.75, 3.05) is 7.05 Å². The molecule has 0 aliphatic rings. The summed E-state index contributed by atoms with van der Waals surface area (Å²) in [5.41, 5.74) is 3.45. The van der Waals surface area contributed by atoms with Gasteiger partial charge in [0.05, 0.1) is 0 Å². The quantitative estimate of drug-likeness (QED) is 0.677. The molecule has 74 valence electrons. The predicted octanol–water partition coefficient (Wildman–Crippen LogP) is 1.90.